The second-order valence-corrected chi connectivity index (χ2v) is 3.86. The largest absolute Gasteiger partial charge is 0.481 e. The van der Waals surface area contributed by atoms with E-state index in [1.807, 2.05) is 0 Å². The van der Waals surface area contributed by atoms with Crippen LogP contribution in [-0.4, -0.2) is 33.8 Å². The lowest BCUT2D eigenvalue weighted by atomic mass is 10.1. The number of nitrogens with one attached hydrogen (secondary N) is 2. The molecule has 0 radical (unpaired) electrons. The number of hydrogen-bond donors (Lipinski definition) is 3. The highest BCUT2D eigenvalue weighted by Crippen LogP contribution is 2.07. The smallest absolute Gasteiger partial charge is 0.321 e. The van der Waals surface area contributed by atoms with Crippen molar-refractivity contribution >= 4 is 28.5 Å². The van der Waals surface area contributed by atoms with E-state index in [2.05, 4.69) is 20.8 Å². The van der Waals surface area contributed by atoms with Crippen LogP contribution >= 0.6 is 11.3 Å². The van der Waals surface area contributed by atoms with Crippen molar-refractivity contribution in [3.63, 3.8) is 0 Å². The Labute approximate surface area is 95.9 Å². The maximum absolute atomic E-state index is 11.3. The van der Waals surface area contributed by atoms with Crippen molar-refractivity contribution < 1.29 is 14.7 Å². The molecule has 7 nitrogen and oxygen atoms in total. The highest BCUT2D eigenvalue weighted by molar-refractivity contribution is 7.13. The number of rotatable bonds is 5. The number of aromatic nitrogens is 2. The molecule has 1 atom stereocenters. The van der Waals surface area contributed by atoms with Crippen LogP contribution in [0.4, 0.5) is 9.93 Å². The van der Waals surface area contributed by atoms with E-state index in [4.69, 9.17) is 5.11 Å². The van der Waals surface area contributed by atoms with Gasteiger partial charge in [-0.05, 0) is 6.42 Å². The van der Waals surface area contributed by atoms with Crippen molar-refractivity contribution in [3.8, 4) is 0 Å². The predicted molar refractivity (Wildman–Crippen MR) is 58.3 cm³/mol. The normalized spacial score (nSPS) is 11.8. The lowest BCUT2D eigenvalue weighted by molar-refractivity contribution is -0.141. The number of anilines is 1. The van der Waals surface area contributed by atoms with Crippen LogP contribution < -0.4 is 10.6 Å². The SMILES string of the molecule is CCC(CNC(=O)Nc1nncs1)C(=O)O. The summed E-state index contributed by atoms with van der Waals surface area (Å²) in [5.41, 5.74) is 1.49. The van der Waals surface area contributed by atoms with Crippen LogP contribution in [0.2, 0.25) is 0 Å². The number of nitrogens with zero attached hydrogens (tertiary/aromatic N) is 2. The zero-order valence-corrected chi connectivity index (χ0v) is 9.45. The summed E-state index contributed by atoms with van der Waals surface area (Å²) in [4.78, 5) is 21.9. The summed E-state index contributed by atoms with van der Waals surface area (Å²) in [6, 6.07) is -0.476. The Morgan fingerprint density at radius 1 is 1.62 bits per heavy atom. The second kappa shape index (κ2) is 6.01. The Balaban J connectivity index is 2.32. The molecule has 0 bridgehead atoms. The standard InChI is InChI=1S/C8H12N4O3S/c1-2-5(6(13)14)3-9-7(15)11-8-12-10-4-16-8/h4-5H,2-3H2,1H3,(H,13,14)(H2,9,11,12,15). The van der Waals surface area contributed by atoms with Crippen molar-refractivity contribution in [1.29, 1.82) is 0 Å². The molecular weight excluding hydrogens is 232 g/mol. The van der Waals surface area contributed by atoms with Gasteiger partial charge in [-0.15, -0.1) is 10.2 Å². The molecule has 0 saturated carbocycles. The number of carboxylic acid groups (broad SMARTS) is 1. The van der Waals surface area contributed by atoms with E-state index < -0.39 is 17.9 Å². The summed E-state index contributed by atoms with van der Waals surface area (Å²) in [7, 11) is 0. The van der Waals surface area contributed by atoms with E-state index in [1.54, 1.807) is 6.92 Å². The van der Waals surface area contributed by atoms with Crippen molar-refractivity contribution in [2.45, 2.75) is 13.3 Å². The van der Waals surface area contributed by atoms with Crippen LogP contribution in [0, 0.1) is 5.92 Å². The van der Waals surface area contributed by atoms with Crippen molar-refractivity contribution in [1.82, 2.24) is 15.5 Å². The maximum atomic E-state index is 11.3. The molecule has 8 heteroatoms. The number of hydrogen-bond acceptors (Lipinski definition) is 5. The van der Waals surface area contributed by atoms with Gasteiger partial charge in [0.25, 0.3) is 0 Å². The third-order valence-electron chi connectivity index (χ3n) is 1.93. The second-order valence-electron chi connectivity index (χ2n) is 3.02. The molecule has 1 rings (SSSR count). The number of amides is 2. The molecule has 2 amide bonds. The fourth-order valence-corrected chi connectivity index (χ4v) is 1.43. The number of urea groups is 1. The molecule has 1 unspecified atom stereocenters. The highest BCUT2D eigenvalue weighted by atomic mass is 32.1. The average molecular weight is 244 g/mol. The van der Waals surface area contributed by atoms with E-state index in [0.29, 0.717) is 11.6 Å². The van der Waals surface area contributed by atoms with Gasteiger partial charge in [0.15, 0.2) is 0 Å². The first-order valence-corrected chi connectivity index (χ1v) is 5.55. The van der Waals surface area contributed by atoms with Crippen LogP contribution in [0.15, 0.2) is 5.51 Å². The monoisotopic (exact) mass is 244 g/mol. The highest BCUT2D eigenvalue weighted by Gasteiger charge is 2.15. The molecule has 0 aliphatic carbocycles. The third kappa shape index (κ3) is 3.81. The summed E-state index contributed by atoms with van der Waals surface area (Å²) in [6.07, 6.45) is 0.467. The molecule has 0 aliphatic rings. The molecular formula is C8H12N4O3S. The van der Waals surface area contributed by atoms with Gasteiger partial charge >= 0.3 is 12.0 Å². The number of carbonyl (C=O) groups is 2. The van der Waals surface area contributed by atoms with Gasteiger partial charge in [0.1, 0.15) is 5.51 Å². The third-order valence-corrected chi connectivity index (χ3v) is 2.54. The van der Waals surface area contributed by atoms with E-state index >= 15 is 0 Å². The Morgan fingerprint density at radius 2 is 2.38 bits per heavy atom. The average Bonchev–Trinajstić information content (AvgIpc) is 2.70. The first-order chi connectivity index (χ1) is 7.63. The lowest BCUT2D eigenvalue weighted by Gasteiger charge is -2.10. The van der Waals surface area contributed by atoms with Gasteiger partial charge in [-0.3, -0.25) is 10.1 Å². The van der Waals surface area contributed by atoms with Crippen LogP contribution in [0.3, 0.4) is 0 Å². The van der Waals surface area contributed by atoms with Gasteiger partial charge in [0.2, 0.25) is 5.13 Å². The minimum Gasteiger partial charge on any atom is -0.481 e. The van der Waals surface area contributed by atoms with E-state index in [1.165, 1.54) is 16.8 Å². The van der Waals surface area contributed by atoms with Crippen molar-refractivity contribution in [2.24, 2.45) is 5.92 Å². The Hall–Kier alpha value is -1.70. The van der Waals surface area contributed by atoms with Gasteiger partial charge in [-0.2, -0.15) is 0 Å². The Kier molecular flexibility index (Phi) is 4.65. The van der Waals surface area contributed by atoms with Crippen molar-refractivity contribution in [3.05, 3.63) is 5.51 Å². The fourth-order valence-electron chi connectivity index (χ4n) is 0.991. The van der Waals surface area contributed by atoms with E-state index in [-0.39, 0.29) is 6.54 Å². The quantitative estimate of drug-likeness (QED) is 0.709. The first-order valence-electron chi connectivity index (χ1n) is 4.67. The zero-order chi connectivity index (χ0) is 12.0. The molecule has 3 N–H and O–H groups in total. The van der Waals surface area contributed by atoms with Crippen LogP contribution in [0.25, 0.3) is 0 Å². The predicted octanol–water partition coefficient (Wildman–Crippen LogP) is 0.770. The van der Waals surface area contributed by atoms with Gasteiger partial charge in [-0.1, -0.05) is 18.3 Å². The molecule has 0 saturated heterocycles. The minimum atomic E-state index is -0.918. The number of carboxylic acids is 1. The Morgan fingerprint density at radius 3 is 2.88 bits per heavy atom. The van der Waals surface area contributed by atoms with Gasteiger partial charge < -0.3 is 10.4 Å². The van der Waals surface area contributed by atoms with Gasteiger partial charge in [-0.25, -0.2) is 4.79 Å². The first kappa shape index (κ1) is 12.4. The van der Waals surface area contributed by atoms with E-state index in [9.17, 15) is 9.59 Å². The molecule has 1 aromatic rings. The molecule has 1 heterocycles. The fraction of sp³-hybridized carbons (Fsp3) is 0.500. The number of carbonyl (C=O) groups excluding carboxylic acids is 1. The summed E-state index contributed by atoms with van der Waals surface area (Å²) < 4.78 is 0. The molecule has 1 aromatic heterocycles. The number of aliphatic carboxylic acids is 1. The molecule has 0 spiro atoms. The van der Waals surface area contributed by atoms with Crippen LogP contribution in [0.1, 0.15) is 13.3 Å². The van der Waals surface area contributed by atoms with Crippen molar-refractivity contribution in [2.75, 3.05) is 11.9 Å². The molecule has 16 heavy (non-hydrogen) atoms. The Bertz CT molecular complexity index is 354. The molecule has 0 aliphatic heterocycles. The minimum absolute atomic E-state index is 0.0937. The molecule has 0 fully saturated rings. The maximum Gasteiger partial charge on any atom is 0.321 e. The summed E-state index contributed by atoms with van der Waals surface area (Å²) in [5, 5.41) is 21.2. The van der Waals surface area contributed by atoms with E-state index in [0.717, 1.165) is 0 Å². The van der Waals surface area contributed by atoms with Crippen LogP contribution in [0.5, 0.6) is 0 Å². The molecule has 88 valence electrons. The zero-order valence-electron chi connectivity index (χ0n) is 8.64. The lowest BCUT2D eigenvalue weighted by Crippen LogP contribution is -2.35. The summed E-state index contributed by atoms with van der Waals surface area (Å²) >= 11 is 1.19. The summed E-state index contributed by atoms with van der Waals surface area (Å²) in [5.74, 6) is -1.49. The molecule has 0 aromatic carbocycles. The van der Waals surface area contributed by atoms with Gasteiger partial charge in [0, 0.05) is 6.54 Å². The topological polar surface area (TPSA) is 104 Å². The van der Waals surface area contributed by atoms with Crippen LogP contribution in [-0.2, 0) is 4.79 Å². The summed E-state index contributed by atoms with van der Waals surface area (Å²) in [6.45, 7) is 1.85. The van der Waals surface area contributed by atoms with Gasteiger partial charge in [0.05, 0.1) is 5.92 Å².